The number of aromatic nitrogens is 3. The van der Waals surface area contributed by atoms with Crippen molar-refractivity contribution < 1.29 is 0 Å². The van der Waals surface area contributed by atoms with Crippen LogP contribution in [0.15, 0.2) is 42.9 Å². The highest BCUT2D eigenvalue weighted by molar-refractivity contribution is 5.79. The summed E-state index contributed by atoms with van der Waals surface area (Å²) in [4.78, 5) is 10.6. The first-order chi connectivity index (χ1) is 8.83. The monoisotopic (exact) mass is 240 g/mol. The van der Waals surface area contributed by atoms with Crippen LogP contribution in [-0.4, -0.2) is 15.0 Å². The highest BCUT2D eigenvalue weighted by Crippen LogP contribution is 2.15. The third kappa shape index (κ3) is 2.15. The standard InChI is InChI=1S/C14H16N4/c1-10(14-16-6-7-17-14)18-9-11-2-3-12-4-5-15-13(12)8-11/h2-8,10,15,18H,9H2,1H3,(H,16,17). The molecule has 3 rings (SSSR count). The number of nitrogens with one attached hydrogen (secondary N) is 3. The molecule has 0 aliphatic heterocycles. The Bertz CT molecular complexity index is 624. The predicted octanol–water partition coefficient (Wildman–Crippen LogP) is 2.74. The quantitative estimate of drug-likeness (QED) is 0.656. The van der Waals surface area contributed by atoms with Gasteiger partial charge in [-0.2, -0.15) is 0 Å². The van der Waals surface area contributed by atoms with Crippen LogP contribution in [0.5, 0.6) is 0 Å². The van der Waals surface area contributed by atoms with Crippen molar-refractivity contribution in [2.75, 3.05) is 0 Å². The van der Waals surface area contributed by atoms with Gasteiger partial charge >= 0.3 is 0 Å². The molecule has 0 saturated heterocycles. The van der Waals surface area contributed by atoms with E-state index in [1.807, 2.05) is 12.4 Å². The van der Waals surface area contributed by atoms with Gasteiger partial charge in [-0.25, -0.2) is 4.98 Å². The molecule has 0 bridgehead atoms. The summed E-state index contributed by atoms with van der Waals surface area (Å²) >= 11 is 0. The van der Waals surface area contributed by atoms with Crippen molar-refractivity contribution in [1.82, 2.24) is 20.3 Å². The van der Waals surface area contributed by atoms with E-state index in [-0.39, 0.29) is 6.04 Å². The average Bonchev–Trinajstić information content (AvgIpc) is 3.05. The van der Waals surface area contributed by atoms with E-state index in [9.17, 15) is 0 Å². The molecule has 2 heterocycles. The van der Waals surface area contributed by atoms with Gasteiger partial charge in [0.15, 0.2) is 0 Å². The molecule has 4 nitrogen and oxygen atoms in total. The van der Waals surface area contributed by atoms with Gasteiger partial charge in [-0.05, 0) is 30.0 Å². The Morgan fingerprint density at radius 2 is 2.17 bits per heavy atom. The lowest BCUT2D eigenvalue weighted by atomic mass is 10.1. The molecule has 0 aliphatic rings. The van der Waals surface area contributed by atoms with E-state index >= 15 is 0 Å². The molecule has 0 spiro atoms. The van der Waals surface area contributed by atoms with Crippen molar-refractivity contribution in [2.24, 2.45) is 0 Å². The van der Waals surface area contributed by atoms with Gasteiger partial charge in [0.2, 0.25) is 0 Å². The summed E-state index contributed by atoms with van der Waals surface area (Å²) in [6.07, 6.45) is 5.59. The van der Waals surface area contributed by atoms with Gasteiger partial charge in [0, 0.05) is 30.7 Å². The van der Waals surface area contributed by atoms with Gasteiger partial charge in [-0.15, -0.1) is 0 Å². The van der Waals surface area contributed by atoms with Crippen LogP contribution in [0.4, 0.5) is 0 Å². The Kier molecular flexibility index (Phi) is 2.86. The number of rotatable bonds is 4. The summed E-state index contributed by atoms with van der Waals surface area (Å²) in [5, 5.41) is 4.70. The molecule has 92 valence electrons. The van der Waals surface area contributed by atoms with E-state index in [0.29, 0.717) is 0 Å². The normalized spacial score (nSPS) is 12.9. The molecule has 0 fully saturated rings. The minimum atomic E-state index is 0.222. The Morgan fingerprint density at radius 3 is 3.00 bits per heavy atom. The fourth-order valence-electron chi connectivity index (χ4n) is 2.09. The molecule has 0 aliphatic carbocycles. The Balaban J connectivity index is 1.69. The van der Waals surface area contributed by atoms with E-state index in [1.54, 1.807) is 6.20 Å². The Morgan fingerprint density at radius 1 is 1.22 bits per heavy atom. The van der Waals surface area contributed by atoms with E-state index in [2.05, 4.69) is 51.5 Å². The molecule has 4 heteroatoms. The van der Waals surface area contributed by atoms with E-state index in [4.69, 9.17) is 0 Å². The first-order valence-corrected chi connectivity index (χ1v) is 6.11. The van der Waals surface area contributed by atoms with Crippen molar-refractivity contribution in [1.29, 1.82) is 0 Å². The highest BCUT2D eigenvalue weighted by atomic mass is 15.0. The molecule has 2 aromatic heterocycles. The third-order valence-electron chi connectivity index (χ3n) is 3.16. The number of H-pyrrole nitrogens is 2. The summed E-state index contributed by atoms with van der Waals surface area (Å²) in [5.41, 5.74) is 2.45. The molecular weight excluding hydrogens is 224 g/mol. The molecular formula is C14H16N4. The maximum absolute atomic E-state index is 4.25. The minimum Gasteiger partial charge on any atom is -0.361 e. The van der Waals surface area contributed by atoms with Crippen LogP contribution in [0, 0.1) is 0 Å². The number of aromatic amines is 2. The number of imidazole rings is 1. The number of hydrogen-bond acceptors (Lipinski definition) is 2. The van der Waals surface area contributed by atoms with Crippen molar-refractivity contribution in [3.8, 4) is 0 Å². The number of benzene rings is 1. The summed E-state index contributed by atoms with van der Waals surface area (Å²) in [5.74, 6) is 0.968. The first kappa shape index (κ1) is 11.0. The highest BCUT2D eigenvalue weighted by Gasteiger charge is 2.06. The van der Waals surface area contributed by atoms with Gasteiger partial charge in [0.25, 0.3) is 0 Å². The van der Waals surface area contributed by atoms with Gasteiger partial charge in [-0.3, -0.25) is 0 Å². The summed E-state index contributed by atoms with van der Waals surface area (Å²) in [6, 6.07) is 8.77. The second-order valence-electron chi connectivity index (χ2n) is 4.48. The predicted molar refractivity (Wildman–Crippen MR) is 72.1 cm³/mol. The van der Waals surface area contributed by atoms with Crippen LogP contribution in [0.1, 0.15) is 24.4 Å². The number of hydrogen-bond donors (Lipinski definition) is 3. The molecule has 1 unspecified atom stereocenters. The lowest BCUT2D eigenvalue weighted by Crippen LogP contribution is -2.19. The minimum absolute atomic E-state index is 0.222. The van der Waals surface area contributed by atoms with Gasteiger partial charge < -0.3 is 15.3 Å². The molecule has 3 aromatic rings. The van der Waals surface area contributed by atoms with Crippen LogP contribution in [0.25, 0.3) is 10.9 Å². The van der Waals surface area contributed by atoms with Crippen molar-refractivity contribution in [2.45, 2.75) is 19.5 Å². The number of nitrogens with zero attached hydrogens (tertiary/aromatic N) is 1. The molecule has 0 saturated carbocycles. The lowest BCUT2D eigenvalue weighted by Gasteiger charge is -2.11. The van der Waals surface area contributed by atoms with Crippen LogP contribution < -0.4 is 5.32 Å². The lowest BCUT2D eigenvalue weighted by molar-refractivity contribution is 0.551. The average molecular weight is 240 g/mol. The second kappa shape index (κ2) is 4.66. The van der Waals surface area contributed by atoms with Crippen molar-refractivity contribution >= 4 is 10.9 Å². The first-order valence-electron chi connectivity index (χ1n) is 6.11. The topological polar surface area (TPSA) is 56.5 Å². The molecule has 18 heavy (non-hydrogen) atoms. The Hall–Kier alpha value is -2.07. The zero-order valence-corrected chi connectivity index (χ0v) is 10.3. The molecule has 1 atom stereocenters. The van der Waals surface area contributed by atoms with E-state index < -0.39 is 0 Å². The van der Waals surface area contributed by atoms with Crippen LogP contribution >= 0.6 is 0 Å². The Labute approximate surface area is 105 Å². The molecule has 1 aromatic carbocycles. The van der Waals surface area contributed by atoms with Crippen molar-refractivity contribution in [3.63, 3.8) is 0 Å². The van der Waals surface area contributed by atoms with Gasteiger partial charge in [0.05, 0.1) is 6.04 Å². The molecule has 0 radical (unpaired) electrons. The second-order valence-corrected chi connectivity index (χ2v) is 4.48. The largest absolute Gasteiger partial charge is 0.361 e. The smallest absolute Gasteiger partial charge is 0.122 e. The zero-order chi connectivity index (χ0) is 12.4. The summed E-state index contributed by atoms with van der Waals surface area (Å²) in [6.45, 7) is 2.93. The molecule has 3 N–H and O–H groups in total. The van der Waals surface area contributed by atoms with Crippen molar-refractivity contribution in [3.05, 3.63) is 54.2 Å². The van der Waals surface area contributed by atoms with Crippen LogP contribution in [0.3, 0.4) is 0 Å². The maximum atomic E-state index is 4.25. The fraction of sp³-hybridized carbons (Fsp3) is 0.214. The SMILES string of the molecule is CC(NCc1ccc2cc[nH]c2c1)c1ncc[nH]1. The molecule has 0 amide bonds. The van der Waals surface area contributed by atoms with E-state index in [0.717, 1.165) is 12.4 Å². The van der Waals surface area contributed by atoms with E-state index in [1.165, 1.54) is 16.5 Å². The fourth-order valence-corrected chi connectivity index (χ4v) is 2.09. The summed E-state index contributed by atoms with van der Waals surface area (Å²) in [7, 11) is 0. The zero-order valence-electron chi connectivity index (χ0n) is 10.3. The van der Waals surface area contributed by atoms with Crippen LogP contribution in [0.2, 0.25) is 0 Å². The summed E-state index contributed by atoms with van der Waals surface area (Å²) < 4.78 is 0. The van der Waals surface area contributed by atoms with Crippen LogP contribution in [-0.2, 0) is 6.54 Å². The van der Waals surface area contributed by atoms with Gasteiger partial charge in [-0.1, -0.05) is 12.1 Å². The number of fused-ring (bicyclic) bond motifs is 1. The maximum Gasteiger partial charge on any atom is 0.122 e. The van der Waals surface area contributed by atoms with Gasteiger partial charge in [0.1, 0.15) is 5.82 Å². The third-order valence-corrected chi connectivity index (χ3v) is 3.16.